The van der Waals surface area contributed by atoms with Crippen LogP contribution >= 0.6 is 0 Å². The summed E-state index contributed by atoms with van der Waals surface area (Å²) in [5.74, 6) is 0. The average molecular weight is 233 g/mol. The van der Waals surface area contributed by atoms with Gasteiger partial charge in [0, 0.05) is 12.0 Å². The predicted octanol–water partition coefficient (Wildman–Crippen LogP) is 2.18. The summed E-state index contributed by atoms with van der Waals surface area (Å²) in [6.45, 7) is 8.77. The summed E-state index contributed by atoms with van der Waals surface area (Å²) in [5.41, 5.74) is 5.29. The average Bonchev–Trinajstić information content (AvgIpc) is 2.60. The molecule has 17 heavy (non-hydrogen) atoms. The van der Waals surface area contributed by atoms with Gasteiger partial charge in [0.2, 0.25) is 0 Å². The minimum Gasteiger partial charge on any atom is -0.395 e. The summed E-state index contributed by atoms with van der Waals surface area (Å²) < 4.78 is 0. The zero-order valence-electron chi connectivity index (χ0n) is 11.4. The number of benzene rings is 1. The van der Waals surface area contributed by atoms with Crippen molar-refractivity contribution in [2.24, 2.45) is 0 Å². The van der Waals surface area contributed by atoms with E-state index in [0.717, 1.165) is 19.5 Å². The van der Waals surface area contributed by atoms with Crippen LogP contribution in [0.15, 0.2) is 12.1 Å². The van der Waals surface area contributed by atoms with Crippen LogP contribution in [0.3, 0.4) is 0 Å². The van der Waals surface area contributed by atoms with Crippen LogP contribution in [-0.2, 0) is 5.41 Å². The third-order valence-corrected chi connectivity index (χ3v) is 4.05. The van der Waals surface area contributed by atoms with E-state index in [-0.39, 0.29) is 12.0 Å². The molecule has 0 radical (unpaired) electrons. The molecule has 0 aromatic heterocycles. The molecule has 1 aliphatic rings. The predicted molar refractivity (Wildman–Crippen MR) is 71.5 cm³/mol. The lowest BCUT2D eigenvalue weighted by Crippen LogP contribution is -2.35. The van der Waals surface area contributed by atoms with Gasteiger partial charge in [-0.2, -0.15) is 0 Å². The van der Waals surface area contributed by atoms with Crippen LogP contribution in [0.5, 0.6) is 0 Å². The minimum atomic E-state index is -0.0450. The van der Waals surface area contributed by atoms with Crippen molar-refractivity contribution in [1.82, 2.24) is 4.90 Å². The van der Waals surface area contributed by atoms with E-state index in [1.807, 2.05) is 0 Å². The lowest BCUT2D eigenvalue weighted by molar-refractivity contribution is 0.194. The molecule has 1 atom stereocenters. The zero-order valence-corrected chi connectivity index (χ0v) is 11.4. The van der Waals surface area contributed by atoms with Crippen molar-refractivity contribution in [1.29, 1.82) is 0 Å². The van der Waals surface area contributed by atoms with Gasteiger partial charge in [0.15, 0.2) is 0 Å². The molecule has 0 bridgehead atoms. The van der Waals surface area contributed by atoms with Gasteiger partial charge in [-0.25, -0.2) is 0 Å². The number of aryl methyl sites for hydroxylation is 3. The Balaban J connectivity index is 2.52. The van der Waals surface area contributed by atoms with Crippen LogP contribution in [0.25, 0.3) is 0 Å². The van der Waals surface area contributed by atoms with Crippen molar-refractivity contribution in [2.75, 3.05) is 26.7 Å². The fourth-order valence-electron chi connectivity index (χ4n) is 3.51. The quantitative estimate of drug-likeness (QED) is 0.846. The van der Waals surface area contributed by atoms with Crippen molar-refractivity contribution in [3.63, 3.8) is 0 Å². The summed E-state index contributed by atoms with van der Waals surface area (Å²) in [6.07, 6.45) is 1.06. The largest absolute Gasteiger partial charge is 0.395 e. The third-order valence-electron chi connectivity index (χ3n) is 4.05. The first-order valence-electron chi connectivity index (χ1n) is 6.36. The first-order valence-corrected chi connectivity index (χ1v) is 6.36. The summed E-state index contributed by atoms with van der Waals surface area (Å²) >= 11 is 0. The second-order valence-corrected chi connectivity index (χ2v) is 5.70. The lowest BCUT2D eigenvalue weighted by Gasteiger charge is -2.31. The van der Waals surface area contributed by atoms with Gasteiger partial charge < -0.3 is 10.0 Å². The molecule has 0 aliphatic carbocycles. The summed E-state index contributed by atoms with van der Waals surface area (Å²) in [7, 11) is 2.14. The van der Waals surface area contributed by atoms with E-state index < -0.39 is 0 Å². The van der Waals surface area contributed by atoms with Crippen LogP contribution in [0.2, 0.25) is 0 Å². The Morgan fingerprint density at radius 3 is 2.24 bits per heavy atom. The maximum atomic E-state index is 9.88. The molecule has 1 heterocycles. The molecule has 1 fully saturated rings. The molecule has 0 amide bonds. The summed E-state index contributed by atoms with van der Waals surface area (Å²) in [4.78, 5) is 2.31. The Hall–Kier alpha value is -0.860. The van der Waals surface area contributed by atoms with E-state index in [4.69, 9.17) is 0 Å². The second kappa shape index (κ2) is 4.43. The topological polar surface area (TPSA) is 23.5 Å². The Morgan fingerprint density at radius 2 is 1.82 bits per heavy atom. The Morgan fingerprint density at radius 1 is 1.24 bits per heavy atom. The van der Waals surface area contributed by atoms with E-state index in [9.17, 15) is 5.11 Å². The zero-order chi connectivity index (χ0) is 12.6. The highest BCUT2D eigenvalue weighted by molar-refractivity contribution is 5.44. The normalized spacial score (nSPS) is 25.5. The molecular formula is C15H23NO. The Labute approximate surface area is 104 Å². The summed E-state index contributed by atoms with van der Waals surface area (Å²) in [5, 5.41) is 9.88. The van der Waals surface area contributed by atoms with Crippen LogP contribution in [-0.4, -0.2) is 36.8 Å². The molecule has 1 aromatic carbocycles. The molecule has 0 spiro atoms. The molecule has 1 unspecified atom stereocenters. The van der Waals surface area contributed by atoms with Crippen molar-refractivity contribution in [2.45, 2.75) is 32.6 Å². The second-order valence-electron chi connectivity index (χ2n) is 5.70. The first-order chi connectivity index (χ1) is 7.98. The van der Waals surface area contributed by atoms with Crippen LogP contribution in [0.4, 0.5) is 0 Å². The molecule has 1 saturated heterocycles. The number of nitrogens with zero attached hydrogens (tertiary/aromatic N) is 1. The van der Waals surface area contributed by atoms with Gasteiger partial charge >= 0.3 is 0 Å². The molecule has 1 aliphatic heterocycles. The molecule has 0 saturated carbocycles. The molecule has 2 rings (SSSR count). The highest BCUT2D eigenvalue weighted by Crippen LogP contribution is 2.37. The van der Waals surface area contributed by atoms with Crippen molar-refractivity contribution in [3.05, 3.63) is 34.4 Å². The van der Waals surface area contributed by atoms with Gasteiger partial charge in [0.1, 0.15) is 0 Å². The monoisotopic (exact) mass is 233 g/mol. The van der Waals surface area contributed by atoms with Crippen molar-refractivity contribution < 1.29 is 5.11 Å². The van der Waals surface area contributed by atoms with Gasteiger partial charge in [0.25, 0.3) is 0 Å². The number of hydrogen-bond acceptors (Lipinski definition) is 2. The van der Waals surface area contributed by atoms with E-state index in [0.29, 0.717) is 0 Å². The SMILES string of the molecule is Cc1cc(C)c(C2(CO)CCN(C)C2)c(C)c1. The van der Waals surface area contributed by atoms with Gasteiger partial charge in [-0.3, -0.25) is 0 Å². The standard InChI is InChI=1S/C15H23NO/c1-11-7-12(2)14(13(3)8-11)15(10-17)5-6-16(4)9-15/h7-8,17H,5-6,9-10H2,1-4H3. The van der Waals surface area contributed by atoms with E-state index in [1.54, 1.807) is 0 Å². The van der Waals surface area contributed by atoms with Gasteiger partial charge in [0.05, 0.1) is 6.61 Å². The van der Waals surface area contributed by atoms with Crippen LogP contribution in [0.1, 0.15) is 28.7 Å². The van der Waals surface area contributed by atoms with Crippen LogP contribution < -0.4 is 0 Å². The fraction of sp³-hybridized carbons (Fsp3) is 0.600. The Bertz CT molecular complexity index is 404. The number of aliphatic hydroxyl groups is 1. The summed E-state index contributed by atoms with van der Waals surface area (Å²) in [6, 6.07) is 4.47. The molecule has 2 nitrogen and oxygen atoms in total. The Kier molecular flexibility index (Phi) is 3.28. The maximum Gasteiger partial charge on any atom is 0.0540 e. The fourth-order valence-corrected chi connectivity index (χ4v) is 3.51. The molecule has 2 heteroatoms. The van der Waals surface area contributed by atoms with Crippen LogP contribution in [0, 0.1) is 20.8 Å². The smallest absolute Gasteiger partial charge is 0.0540 e. The van der Waals surface area contributed by atoms with Gasteiger partial charge in [-0.05, 0) is 57.5 Å². The first kappa shape index (κ1) is 12.6. The van der Waals surface area contributed by atoms with E-state index >= 15 is 0 Å². The van der Waals surface area contributed by atoms with Crippen molar-refractivity contribution >= 4 is 0 Å². The lowest BCUT2D eigenvalue weighted by atomic mass is 9.75. The highest BCUT2D eigenvalue weighted by Gasteiger charge is 2.39. The molecule has 1 aromatic rings. The third kappa shape index (κ3) is 2.12. The number of likely N-dealkylation sites (tertiary alicyclic amines) is 1. The maximum absolute atomic E-state index is 9.88. The number of rotatable bonds is 2. The number of likely N-dealkylation sites (N-methyl/N-ethyl adjacent to an activating group) is 1. The molecular weight excluding hydrogens is 210 g/mol. The molecule has 1 N–H and O–H groups in total. The van der Waals surface area contributed by atoms with E-state index in [2.05, 4.69) is 44.9 Å². The number of hydrogen-bond donors (Lipinski definition) is 1. The molecule has 94 valence electrons. The number of aliphatic hydroxyl groups excluding tert-OH is 1. The van der Waals surface area contributed by atoms with Gasteiger partial charge in [-0.1, -0.05) is 17.7 Å². The van der Waals surface area contributed by atoms with Crippen molar-refractivity contribution in [3.8, 4) is 0 Å². The minimum absolute atomic E-state index is 0.0450. The van der Waals surface area contributed by atoms with Gasteiger partial charge in [-0.15, -0.1) is 0 Å². The van der Waals surface area contributed by atoms with E-state index in [1.165, 1.54) is 22.3 Å². The highest BCUT2D eigenvalue weighted by atomic mass is 16.3.